The minimum absolute atomic E-state index is 0.0517. The predicted octanol–water partition coefficient (Wildman–Crippen LogP) is 3.61. The van der Waals surface area contributed by atoms with Gasteiger partial charge >= 0.3 is 0 Å². The van der Waals surface area contributed by atoms with Gasteiger partial charge in [-0.3, -0.25) is 14.3 Å². The summed E-state index contributed by atoms with van der Waals surface area (Å²) >= 11 is 5.90. The van der Waals surface area contributed by atoms with Crippen LogP contribution in [-0.4, -0.2) is 33.0 Å². The topological polar surface area (TPSA) is 81.2 Å². The van der Waals surface area contributed by atoms with Crippen LogP contribution in [0.5, 0.6) is 0 Å². The fraction of sp³-hybridized carbons (Fsp3) is 0.476. The third kappa shape index (κ3) is 3.75. The first-order valence-corrected chi connectivity index (χ1v) is 10.1. The number of amides is 2. The van der Waals surface area contributed by atoms with Gasteiger partial charge in [-0.2, -0.15) is 5.10 Å². The van der Waals surface area contributed by atoms with Crippen molar-refractivity contribution in [2.45, 2.75) is 46.2 Å². The SMILES string of the molecule is CC1(C)CC(CC(=O)N2CCn3nc(-c4ccc(F)c(Cl)c4)c(C(N)=O)c3C2)C1. The van der Waals surface area contributed by atoms with Gasteiger partial charge in [0, 0.05) is 18.5 Å². The number of fused-ring (bicyclic) bond motifs is 1. The standard InChI is InChI=1S/C21H24ClFN4O2/c1-21(2)9-12(10-21)7-17(28)26-5-6-27-16(11-26)18(20(24)29)19(25-27)13-3-4-15(23)14(22)8-13/h3-4,8,12H,5-7,9-11H2,1-2H3,(H2,24,29). The second-order valence-corrected chi connectivity index (χ2v) is 9.25. The number of primary amides is 1. The largest absolute Gasteiger partial charge is 0.365 e. The molecule has 0 saturated heterocycles. The van der Waals surface area contributed by atoms with Gasteiger partial charge in [-0.15, -0.1) is 0 Å². The normalized spacial score (nSPS) is 18.3. The number of benzene rings is 1. The van der Waals surface area contributed by atoms with Crippen LogP contribution in [0.2, 0.25) is 5.02 Å². The van der Waals surface area contributed by atoms with E-state index >= 15 is 0 Å². The Hall–Kier alpha value is -2.41. The molecule has 2 aromatic rings. The summed E-state index contributed by atoms with van der Waals surface area (Å²) in [6.45, 7) is 5.73. The number of hydrogen-bond donors (Lipinski definition) is 1. The van der Waals surface area contributed by atoms with E-state index in [0.717, 1.165) is 12.8 Å². The van der Waals surface area contributed by atoms with Crippen LogP contribution in [0.15, 0.2) is 18.2 Å². The van der Waals surface area contributed by atoms with Crippen LogP contribution >= 0.6 is 11.6 Å². The maximum absolute atomic E-state index is 13.5. The van der Waals surface area contributed by atoms with E-state index in [2.05, 4.69) is 18.9 Å². The second kappa shape index (κ2) is 7.13. The molecule has 6 nitrogen and oxygen atoms in total. The Morgan fingerprint density at radius 3 is 2.66 bits per heavy atom. The first kappa shape index (κ1) is 19.9. The summed E-state index contributed by atoms with van der Waals surface area (Å²) in [5.41, 5.74) is 7.73. The average Bonchev–Trinajstić information content (AvgIpc) is 3.01. The highest BCUT2D eigenvalue weighted by atomic mass is 35.5. The van der Waals surface area contributed by atoms with Gasteiger partial charge < -0.3 is 10.6 Å². The number of nitrogens with two attached hydrogens (primary N) is 1. The van der Waals surface area contributed by atoms with Gasteiger partial charge in [-0.1, -0.05) is 25.4 Å². The molecule has 2 amide bonds. The quantitative estimate of drug-likeness (QED) is 0.823. The lowest BCUT2D eigenvalue weighted by Crippen LogP contribution is -2.42. The summed E-state index contributed by atoms with van der Waals surface area (Å²) in [7, 11) is 0. The Kier molecular flexibility index (Phi) is 4.89. The maximum Gasteiger partial charge on any atom is 0.252 e. The molecule has 154 valence electrons. The molecule has 1 aliphatic carbocycles. The lowest BCUT2D eigenvalue weighted by atomic mass is 9.63. The van der Waals surface area contributed by atoms with E-state index in [-0.39, 0.29) is 23.0 Å². The van der Waals surface area contributed by atoms with Crippen molar-refractivity contribution in [2.24, 2.45) is 17.1 Å². The second-order valence-electron chi connectivity index (χ2n) is 8.84. The third-order valence-corrected chi connectivity index (χ3v) is 6.21. The number of halogens is 2. The van der Waals surface area contributed by atoms with Gasteiger partial charge in [-0.25, -0.2) is 4.39 Å². The van der Waals surface area contributed by atoms with Crippen molar-refractivity contribution in [1.82, 2.24) is 14.7 Å². The van der Waals surface area contributed by atoms with Crippen molar-refractivity contribution in [3.05, 3.63) is 40.3 Å². The molecular formula is C21H24ClFN4O2. The number of rotatable bonds is 4. The van der Waals surface area contributed by atoms with Crippen molar-refractivity contribution < 1.29 is 14.0 Å². The fourth-order valence-electron chi connectivity index (χ4n) is 4.66. The van der Waals surface area contributed by atoms with Gasteiger partial charge in [0.1, 0.15) is 11.5 Å². The Bertz CT molecular complexity index is 993. The Labute approximate surface area is 173 Å². The molecule has 8 heteroatoms. The van der Waals surface area contributed by atoms with E-state index in [1.54, 1.807) is 9.58 Å². The summed E-state index contributed by atoms with van der Waals surface area (Å²) in [6.07, 6.45) is 2.66. The third-order valence-electron chi connectivity index (χ3n) is 5.92. The van der Waals surface area contributed by atoms with Crippen molar-refractivity contribution in [1.29, 1.82) is 0 Å². The lowest BCUT2D eigenvalue weighted by molar-refractivity contribution is -0.135. The zero-order chi connectivity index (χ0) is 20.9. The van der Waals surface area contributed by atoms with E-state index in [4.69, 9.17) is 17.3 Å². The monoisotopic (exact) mass is 418 g/mol. The van der Waals surface area contributed by atoms with Crippen LogP contribution in [0.4, 0.5) is 4.39 Å². The molecule has 1 aliphatic heterocycles. The molecule has 2 N–H and O–H groups in total. The van der Waals surface area contributed by atoms with Gasteiger partial charge in [-0.05, 0) is 42.4 Å². The summed E-state index contributed by atoms with van der Waals surface area (Å²) < 4.78 is 15.2. The molecule has 0 radical (unpaired) electrons. The van der Waals surface area contributed by atoms with Crippen molar-refractivity contribution in [3.63, 3.8) is 0 Å². The molecule has 1 aromatic heterocycles. The highest BCUT2D eigenvalue weighted by Crippen LogP contribution is 2.46. The van der Waals surface area contributed by atoms with Gasteiger partial charge in [0.25, 0.3) is 5.91 Å². The average molecular weight is 419 g/mol. The fourth-order valence-corrected chi connectivity index (χ4v) is 4.84. The molecule has 4 rings (SSSR count). The van der Waals surface area contributed by atoms with E-state index < -0.39 is 11.7 Å². The number of carbonyl (C=O) groups excluding carboxylic acids is 2. The molecule has 0 atom stereocenters. The molecule has 2 heterocycles. The van der Waals surface area contributed by atoms with E-state index in [9.17, 15) is 14.0 Å². The summed E-state index contributed by atoms with van der Waals surface area (Å²) in [4.78, 5) is 26.8. The Balaban J connectivity index is 1.59. The number of carbonyl (C=O) groups is 2. The smallest absolute Gasteiger partial charge is 0.252 e. The van der Waals surface area contributed by atoms with Crippen molar-refractivity contribution >= 4 is 23.4 Å². The molecule has 1 saturated carbocycles. The zero-order valence-electron chi connectivity index (χ0n) is 16.5. The van der Waals surface area contributed by atoms with Crippen LogP contribution in [-0.2, 0) is 17.9 Å². The highest BCUT2D eigenvalue weighted by Gasteiger charge is 2.38. The van der Waals surface area contributed by atoms with Crippen molar-refractivity contribution in [3.8, 4) is 11.3 Å². The number of aromatic nitrogens is 2. The Morgan fingerprint density at radius 1 is 1.31 bits per heavy atom. The molecule has 0 spiro atoms. The lowest BCUT2D eigenvalue weighted by Gasteiger charge is -2.43. The first-order chi connectivity index (χ1) is 13.6. The molecule has 0 unspecified atom stereocenters. The molecule has 1 fully saturated rings. The molecular weight excluding hydrogens is 395 g/mol. The van der Waals surface area contributed by atoms with Gasteiger partial charge in [0.15, 0.2) is 0 Å². The summed E-state index contributed by atoms with van der Waals surface area (Å²) in [5, 5.41) is 4.46. The van der Waals surface area contributed by atoms with E-state index in [1.807, 2.05) is 0 Å². The minimum Gasteiger partial charge on any atom is -0.365 e. The van der Waals surface area contributed by atoms with Crippen LogP contribution in [0.25, 0.3) is 11.3 Å². The number of hydrogen-bond acceptors (Lipinski definition) is 3. The zero-order valence-corrected chi connectivity index (χ0v) is 17.3. The van der Waals surface area contributed by atoms with Crippen LogP contribution in [0, 0.1) is 17.2 Å². The van der Waals surface area contributed by atoms with Crippen LogP contribution in [0.1, 0.15) is 49.2 Å². The maximum atomic E-state index is 13.5. The molecule has 0 bridgehead atoms. The van der Waals surface area contributed by atoms with Crippen LogP contribution in [0.3, 0.4) is 0 Å². The molecule has 29 heavy (non-hydrogen) atoms. The van der Waals surface area contributed by atoms with Gasteiger partial charge in [0.2, 0.25) is 5.91 Å². The summed E-state index contributed by atoms with van der Waals surface area (Å²) in [5.74, 6) is -0.649. The van der Waals surface area contributed by atoms with Crippen molar-refractivity contribution in [2.75, 3.05) is 6.54 Å². The predicted molar refractivity (Wildman–Crippen MR) is 108 cm³/mol. The molecule has 1 aromatic carbocycles. The first-order valence-electron chi connectivity index (χ1n) is 9.77. The number of nitrogens with zero attached hydrogens (tertiary/aromatic N) is 3. The summed E-state index contributed by atoms with van der Waals surface area (Å²) in [6, 6.07) is 4.18. The Morgan fingerprint density at radius 2 is 2.03 bits per heavy atom. The molecule has 2 aliphatic rings. The van der Waals surface area contributed by atoms with E-state index in [0.29, 0.717) is 47.8 Å². The van der Waals surface area contributed by atoms with Crippen LogP contribution < -0.4 is 5.73 Å². The minimum atomic E-state index is -0.628. The van der Waals surface area contributed by atoms with E-state index in [1.165, 1.54) is 18.2 Å². The van der Waals surface area contributed by atoms with Gasteiger partial charge in [0.05, 0.1) is 29.4 Å². The highest BCUT2D eigenvalue weighted by molar-refractivity contribution is 6.31.